The van der Waals surface area contributed by atoms with E-state index in [0.29, 0.717) is 0 Å². The summed E-state index contributed by atoms with van der Waals surface area (Å²) in [5.41, 5.74) is 1.64. The number of anilines is 1. The average molecular weight is 268 g/mol. The Labute approximate surface area is 120 Å². The quantitative estimate of drug-likeness (QED) is 0.887. The van der Waals surface area contributed by atoms with Gasteiger partial charge in [0.15, 0.2) is 0 Å². The van der Waals surface area contributed by atoms with Crippen LogP contribution in [0.5, 0.6) is 0 Å². The van der Waals surface area contributed by atoms with E-state index in [1.165, 1.54) is 0 Å². The first-order chi connectivity index (χ1) is 9.51. The number of rotatable bonds is 5. The van der Waals surface area contributed by atoms with Crippen molar-refractivity contribution in [1.29, 1.82) is 5.26 Å². The number of hydrogen-bond donors (Lipinski definition) is 1. The topological polar surface area (TPSA) is 49.0 Å². The van der Waals surface area contributed by atoms with E-state index in [9.17, 15) is 0 Å². The fourth-order valence-corrected chi connectivity index (χ4v) is 2.11. The predicted octanol–water partition coefficient (Wildman–Crippen LogP) is 4.12. The summed E-state index contributed by atoms with van der Waals surface area (Å²) in [6.07, 6.45) is 2.54. The largest absolute Gasteiger partial charge is 0.469 e. The first kappa shape index (κ1) is 14.2. The lowest BCUT2D eigenvalue weighted by Gasteiger charge is -2.18. The van der Waals surface area contributed by atoms with Gasteiger partial charge >= 0.3 is 0 Å². The summed E-state index contributed by atoms with van der Waals surface area (Å²) >= 11 is 0. The van der Waals surface area contributed by atoms with Crippen LogP contribution in [0.15, 0.2) is 47.1 Å². The van der Waals surface area contributed by atoms with E-state index in [4.69, 9.17) is 9.68 Å². The zero-order valence-corrected chi connectivity index (χ0v) is 12.2. The molecule has 1 heterocycles. The highest BCUT2D eigenvalue weighted by Gasteiger charge is 2.19. The minimum atomic E-state index is -0.446. The Kier molecular flexibility index (Phi) is 4.14. The zero-order chi connectivity index (χ0) is 14.6. The van der Waals surface area contributed by atoms with Gasteiger partial charge in [-0.3, -0.25) is 0 Å². The van der Waals surface area contributed by atoms with Crippen molar-refractivity contribution in [3.63, 3.8) is 0 Å². The maximum absolute atomic E-state index is 9.13. The van der Waals surface area contributed by atoms with Crippen LogP contribution >= 0.6 is 0 Å². The van der Waals surface area contributed by atoms with Crippen LogP contribution in [0.4, 0.5) is 5.69 Å². The fourth-order valence-electron chi connectivity index (χ4n) is 2.11. The molecular formula is C17H20N2O. The maximum Gasteiger partial charge on any atom is 0.105 e. The van der Waals surface area contributed by atoms with E-state index in [0.717, 1.165) is 23.4 Å². The van der Waals surface area contributed by atoms with Crippen LogP contribution in [-0.4, -0.2) is 6.04 Å². The molecule has 0 saturated carbocycles. The summed E-state index contributed by atoms with van der Waals surface area (Å²) in [5.74, 6) is 0.979. The summed E-state index contributed by atoms with van der Waals surface area (Å²) in [4.78, 5) is 0. The number of nitrogens with one attached hydrogen (secondary N) is 1. The molecule has 0 aliphatic rings. The molecule has 0 spiro atoms. The molecule has 0 aliphatic heterocycles. The Morgan fingerprint density at radius 2 is 1.95 bits per heavy atom. The summed E-state index contributed by atoms with van der Waals surface area (Å²) in [5, 5.41) is 12.6. The smallest absolute Gasteiger partial charge is 0.105 e. The van der Waals surface area contributed by atoms with Gasteiger partial charge in [0.05, 0.1) is 17.7 Å². The first-order valence-electron chi connectivity index (χ1n) is 6.82. The van der Waals surface area contributed by atoms with Crippen LogP contribution in [0, 0.1) is 11.3 Å². The van der Waals surface area contributed by atoms with Gasteiger partial charge in [-0.1, -0.05) is 12.1 Å². The van der Waals surface area contributed by atoms with E-state index >= 15 is 0 Å². The Morgan fingerprint density at radius 1 is 1.25 bits per heavy atom. The summed E-state index contributed by atoms with van der Waals surface area (Å²) in [7, 11) is 0. The molecular weight excluding hydrogens is 248 g/mol. The first-order valence-corrected chi connectivity index (χ1v) is 6.82. The molecule has 20 heavy (non-hydrogen) atoms. The lowest BCUT2D eigenvalue weighted by atomic mass is 9.86. The van der Waals surface area contributed by atoms with Crippen molar-refractivity contribution in [2.45, 2.75) is 38.6 Å². The molecule has 2 aromatic rings. The monoisotopic (exact) mass is 268 g/mol. The minimum absolute atomic E-state index is 0.288. The van der Waals surface area contributed by atoms with Crippen LogP contribution in [-0.2, 0) is 11.8 Å². The molecule has 0 aliphatic carbocycles. The third-order valence-corrected chi connectivity index (χ3v) is 3.39. The van der Waals surface area contributed by atoms with Crippen LogP contribution < -0.4 is 5.32 Å². The molecule has 1 unspecified atom stereocenters. The van der Waals surface area contributed by atoms with Gasteiger partial charge in [-0.2, -0.15) is 5.26 Å². The van der Waals surface area contributed by atoms with E-state index < -0.39 is 5.41 Å². The van der Waals surface area contributed by atoms with Gasteiger partial charge in [0.25, 0.3) is 0 Å². The van der Waals surface area contributed by atoms with Crippen LogP contribution in [0.2, 0.25) is 0 Å². The molecule has 0 amide bonds. The highest BCUT2D eigenvalue weighted by atomic mass is 16.3. The standard InChI is InChI=1S/C17H20N2O/c1-13(11-16-5-4-10-20-16)19-15-8-6-14(7-9-15)17(2,3)12-18/h4-10,13,19H,11H2,1-3H3. The van der Waals surface area contributed by atoms with Gasteiger partial charge in [0.1, 0.15) is 5.76 Å². The highest BCUT2D eigenvalue weighted by Crippen LogP contribution is 2.23. The molecule has 1 aromatic heterocycles. The molecule has 1 atom stereocenters. The highest BCUT2D eigenvalue weighted by molar-refractivity contribution is 5.47. The lowest BCUT2D eigenvalue weighted by molar-refractivity contribution is 0.498. The van der Waals surface area contributed by atoms with Gasteiger partial charge in [-0.05, 0) is 50.6 Å². The molecule has 3 nitrogen and oxygen atoms in total. The van der Waals surface area contributed by atoms with Gasteiger partial charge in [-0.15, -0.1) is 0 Å². The van der Waals surface area contributed by atoms with Crippen LogP contribution in [0.3, 0.4) is 0 Å². The second-order valence-electron chi connectivity index (χ2n) is 5.64. The third kappa shape index (κ3) is 3.42. The molecule has 104 valence electrons. The number of nitrogens with zero attached hydrogens (tertiary/aromatic N) is 1. The molecule has 2 rings (SSSR count). The molecule has 0 fully saturated rings. The normalized spacial score (nSPS) is 12.7. The van der Waals surface area contributed by atoms with Crippen molar-refractivity contribution in [2.75, 3.05) is 5.32 Å². The second-order valence-corrected chi connectivity index (χ2v) is 5.64. The fraction of sp³-hybridized carbons (Fsp3) is 0.353. The SMILES string of the molecule is CC(Cc1ccco1)Nc1ccc(C(C)(C)C#N)cc1. The Bertz CT molecular complexity index is 576. The number of benzene rings is 1. The average Bonchev–Trinajstić information content (AvgIpc) is 2.92. The van der Waals surface area contributed by atoms with Gasteiger partial charge in [0.2, 0.25) is 0 Å². The second kappa shape index (κ2) is 5.83. The van der Waals surface area contributed by atoms with Crippen molar-refractivity contribution in [3.8, 4) is 6.07 Å². The zero-order valence-electron chi connectivity index (χ0n) is 12.2. The minimum Gasteiger partial charge on any atom is -0.469 e. The van der Waals surface area contributed by atoms with Crippen molar-refractivity contribution >= 4 is 5.69 Å². The third-order valence-electron chi connectivity index (χ3n) is 3.39. The molecule has 0 radical (unpaired) electrons. The van der Waals surface area contributed by atoms with Gasteiger partial charge in [-0.25, -0.2) is 0 Å². The lowest BCUT2D eigenvalue weighted by Crippen LogP contribution is -2.18. The van der Waals surface area contributed by atoms with Crippen LogP contribution in [0.25, 0.3) is 0 Å². The molecule has 3 heteroatoms. The summed E-state index contributed by atoms with van der Waals surface area (Å²) in [6, 6.07) is 14.5. The van der Waals surface area contributed by atoms with Gasteiger partial charge in [0, 0.05) is 18.2 Å². The number of furan rings is 1. The Morgan fingerprint density at radius 3 is 2.50 bits per heavy atom. The van der Waals surface area contributed by atoms with E-state index in [-0.39, 0.29) is 6.04 Å². The van der Waals surface area contributed by atoms with Crippen LogP contribution in [0.1, 0.15) is 32.1 Å². The summed E-state index contributed by atoms with van der Waals surface area (Å²) in [6.45, 7) is 5.97. The van der Waals surface area contributed by atoms with Crippen molar-refractivity contribution < 1.29 is 4.42 Å². The Balaban J connectivity index is 1.99. The maximum atomic E-state index is 9.13. The molecule has 0 saturated heterocycles. The molecule has 1 N–H and O–H groups in total. The van der Waals surface area contributed by atoms with Crippen molar-refractivity contribution in [1.82, 2.24) is 0 Å². The Hall–Kier alpha value is -2.21. The number of hydrogen-bond acceptors (Lipinski definition) is 3. The molecule has 0 bridgehead atoms. The predicted molar refractivity (Wildman–Crippen MR) is 80.6 cm³/mol. The van der Waals surface area contributed by atoms with E-state index in [2.05, 4.69) is 18.3 Å². The molecule has 1 aromatic carbocycles. The van der Waals surface area contributed by atoms with Crippen molar-refractivity contribution in [2.24, 2.45) is 0 Å². The van der Waals surface area contributed by atoms with Gasteiger partial charge < -0.3 is 9.73 Å². The van der Waals surface area contributed by atoms with Crippen molar-refractivity contribution in [3.05, 3.63) is 54.0 Å². The number of nitriles is 1. The van der Waals surface area contributed by atoms with E-state index in [1.807, 2.05) is 50.2 Å². The van der Waals surface area contributed by atoms with E-state index in [1.54, 1.807) is 6.26 Å². The summed E-state index contributed by atoms with van der Waals surface area (Å²) < 4.78 is 5.34.